The SMILES string of the molecule is CCCCOP(=O)(OCCCC)C(NCCC(OCC)OCC)c1cc(C(C)(C)C)c(O)c(C(C)(C)C)c1. The van der Waals surface area contributed by atoms with Crippen LogP contribution >= 0.6 is 7.60 Å². The Kier molecular flexibility index (Phi) is 15.1. The summed E-state index contributed by atoms with van der Waals surface area (Å²) < 4.78 is 38.3. The van der Waals surface area contributed by atoms with E-state index in [0.29, 0.717) is 39.4 Å². The van der Waals surface area contributed by atoms with Crippen molar-refractivity contribution in [2.45, 2.75) is 124 Å². The molecule has 0 saturated carbocycles. The number of ether oxygens (including phenoxy) is 2. The van der Waals surface area contributed by atoms with Crippen LogP contribution in [0, 0.1) is 0 Å². The number of aromatic hydroxyl groups is 1. The highest BCUT2D eigenvalue weighted by molar-refractivity contribution is 7.54. The quantitative estimate of drug-likeness (QED) is 0.107. The summed E-state index contributed by atoms with van der Waals surface area (Å²) in [7, 11) is -3.64. The van der Waals surface area contributed by atoms with Gasteiger partial charge in [0.15, 0.2) is 6.29 Å². The Hall–Kier alpha value is -0.950. The molecule has 1 unspecified atom stereocenters. The molecule has 0 amide bonds. The number of phenols is 1. The molecule has 1 atom stereocenters. The minimum absolute atomic E-state index is 0.286. The molecule has 0 aromatic heterocycles. The summed E-state index contributed by atoms with van der Waals surface area (Å²) in [6.45, 7) is 22.8. The molecular formula is C30H56NO6P. The summed E-state index contributed by atoms with van der Waals surface area (Å²) in [4.78, 5) is 0. The molecule has 0 spiro atoms. The van der Waals surface area contributed by atoms with Gasteiger partial charge in [-0.1, -0.05) is 68.2 Å². The monoisotopic (exact) mass is 557 g/mol. The fraction of sp³-hybridized carbons (Fsp3) is 0.800. The van der Waals surface area contributed by atoms with Gasteiger partial charge in [-0.2, -0.15) is 0 Å². The van der Waals surface area contributed by atoms with Crippen molar-refractivity contribution in [2.24, 2.45) is 0 Å². The molecule has 0 heterocycles. The summed E-state index contributed by atoms with van der Waals surface area (Å²) in [6, 6.07) is 3.92. The Balaban J connectivity index is 3.65. The van der Waals surface area contributed by atoms with Crippen LogP contribution in [-0.4, -0.2) is 44.4 Å². The van der Waals surface area contributed by atoms with Crippen molar-refractivity contribution < 1.29 is 28.2 Å². The highest BCUT2D eigenvalue weighted by atomic mass is 31.2. The molecule has 8 heteroatoms. The van der Waals surface area contributed by atoms with Gasteiger partial charge in [-0.25, -0.2) is 0 Å². The van der Waals surface area contributed by atoms with E-state index in [-0.39, 0.29) is 22.9 Å². The zero-order valence-electron chi connectivity index (χ0n) is 25.8. The molecule has 0 bridgehead atoms. The van der Waals surface area contributed by atoms with Gasteiger partial charge in [-0.3, -0.25) is 9.88 Å². The van der Waals surface area contributed by atoms with Crippen LogP contribution in [0.3, 0.4) is 0 Å². The van der Waals surface area contributed by atoms with E-state index in [9.17, 15) is 9.67 Å². The Bertz CT molecular complexity index is 806. The van der Waals surface area contributed by atoms with Crippen molar-refractivity contribution in [1.29, 1.82) is 0 Å². The molecule has 0 aliphatic rings. The Morgan fingerprint density at radius 3 is 1.66 bits per heavy atom. The fourth-order valence-corrected chi connectivity index (χ4v) is 6.16. The Morgan fingerprint density at radius 2 is 1.29 bits per heavy atom. The summed E-state index contributed by atoms with van der Waals surface area (Å²) in [6.07, 6.45) is 3.67. The van der Waals surface area contributed by atoms with Gasteiger partial charge >= 0.3 is 7.60 Å². The lowest BCUT2D eigenvalue weighted by atomic mass is 9.78. The summed E-state index contributed by atoms with van der Waals surface area (Å²) in [5.41, 5.74) is 1.76. The first-order valence-corrected chi connectivity index (χ1v) is 16.1. The molecule has 222 valence electrons. The zero-order valence-corrected chi connectivity index (χ0v) is 26.7. The molecule has 1 aromatic carbocycles. The van der Waals surface area contributed by atoms with Crippen molar-refractivity contribution in [2.75, 3.05) is 33.0 Å². The van der Waals surface area contributed by atoms with Gasteiger partial charge in [0.05, 0.1) is 13.2 Å². The standard InChI is InChI=1S/C30H56NO6P/c1-11-15-19-36-38(33,37-20-16-12-2)28(31-18-17-26(34-13-3)35-14-4)23-21-24(29(5,6)7)27(32)25(22-23)30(8,9)10/h21-22,26,28,31-32H,11-20H2,1-10H3. The molecule has 0 aliphatic heterocycles. The maximum absolute atomic E-state index is 14.6. The van der Waals surface area contributed by atoms with Gasteiger partial charge in [-0.05, 0) is 66.3 Å². The van der Waals surface area contributed by atoms with Gasteiger partial charge in [0, 0.05) is 26.2 Å². The Labute approximate surface area is 232 Å². The van der Waals surface area contributed by atoms with Crippen LogP contribution in [0.1, 0.15) is 124 Å². The van der Waals surface area contributed by atoms with Crippen molar-refractivity contribution in [1.82, 2.24) is 5.32 Å². The third-order valence-corrected chi connectivity index (χ3v) is 8.54. The van der Waals surface area contributed by atoms with Crippen LogP contribution in [0.25, 0.3) is 0 Å². The van der Waals surface area contributed by atoms with Crippen molar-refractivity contribution in [3.05, 3.63) is 28.8 Å². The molecule has 1 aromatic rings. The van der Waals surface area contributed by atoms with Crippen LogP contribution in [0.4, 0.5) is 0 Å². The lowest BCUT2D eigenvalue weighted by molar-refractivity contribution is -0.138. The molecule has 0 fully saturated rings. The van der Waals surface area contributed by atoms with Gasteiger partial charge in [0.1, 0.15) is 11.5 Å². The van der Waals surface area contributed by atoms with E-state index in [1.807, 2.05) is 26.0 Å². The highest BCUT2D eigenvalue weighted by Crippen LogP contribution is 2.60. The minimum Gasteiger partial charge on any atom is -0.507 e. The first kappa shape index (κ1) is 35.1. The predicted molar refractivity (Wildman–Crippen MR) is 157 cm³/mol. The summed E-state index contributed by atoms with van der Waals surface area (Å²) >= 11 is 0. The van der Waals surface area contributed by atoms with E-state index < -0.39 is 13.4 Å². The number of rotatable bonds is 18. The first-order valence-electron chi connectivity index (χ1n) is 14.5. The maximum Gasteiger partial charge on any atom is 0.351 e. The van der Waals surface area contributed by atoms with Crippen LogP contribution < -0.4 is 5.32 Å². The fourth-order valence-electron chi connectivity index (χ4n) is 4.15. The minimum atomic E-state index is -3.64. The van der Waals surface area contributed by atoms with Crippen LogP contribution in [-0.2, 0) is 33.9 Å². The first-order chi connectivity index (χ1) is 17.7. The smallest absolute Gasteiger partial charge is 0.351 e. The van der Waals surface area contributed by atoms with Crippen molar-refractivity contribution in [3.8, 4) is 5.75 Å². The lowest BCUT2D eigenvalue weighted by Gasteiger charge is -2.33. The van der Waals surface area contributed by atoms with Crippen molar-refractivity contribution in [3.63, 3.8) is 0 Å². The second kappa shape index (κ2) is 16.3. The van der Waals surface area contributed by atoms with E-state index in [1.165, 1.54) is 0 Å². The topological polar surface area (TPSA) is 86.3 Å². The lowest BCUT2D eigenvalue weighted by Crippen LogP contribution is -2.30. The molecule has 0 saturated heterocycles. The number of phenolic OH excluding ortho intramolecular Hbond substituents is 1. The third-order valence-electron chi connectivity index (χ3n) is 6.34. The second-order valence-corrected chi connectivity index (χ2v) is 14.0. The van der Waals surface area contributed by atoms with Gasteiger partial charge in [-0.15, -0.1) is 0 Å². The van der Waals surface area contributed by atoms with Gasteiger partial charge < -0.3 is 23.6 Å². The molecule has 0 aliphatic carbocycles. The molecule has 38 heavy (non-hydrogen) atoms. The molecule has 0 radical (unpaired) electrons. The molecule has 2 N–H and O–H groups in total. The normalized spacial score (nSPS) is 13.9. The molecule has 7 nitrogen and oxygen atoms in total. The maximum atomic E-state index is 14.6. The number of nitrogens with one attached hydrogen (secondary N) is 1. The van der Waals surface area contributed by atoms with Crippen LogP contribution in [0.15, 0.2) is 12.1 Å². The highest BCUT2D eigenvalue weighted by Gasteiger charge is 2.39. The van der Waals surface area contributed by atoms with Gasteiger partial charge in [0.25, 0.3) is 0 Å². The van der Waals surface area contributed by atoms with Crippen LogP contribution in [0.2, 0.25) is 0 Å². The average molecular weight is 558 g/mol. The third kappa shape index (κ3) is 10.9. The Morgan fingerprint density at radius 1 is 0.842 bits per heavy atom. The van der Waals surface area contributed by atoms with Crippen LogP contribution in [0.5, 0.6) is 5.75 Å². The molecule has 1 rings (SSSR count). The second-order valence-electron chi connectivity index (χ2n) is 11.9. The number of hydrogen-bond donors (Lipinski definition) is 2. The predicted octanol–water partition coefficient (Wildman–Crippen LogP) is 8.19. The van der Waals surface area contributed by atoms with E-state index in [1.54, 1.807) is 0 Å². The largest absolute Gasteiger partial charge is 0.507 e. The van der Waals surface area contributed by atoms with E-state index in [0.717, 1.165) is 42.4 Å². The number of benzene rings is 1. The number of unbranched alkanes of at least 4 members (excludes halogenated alkanes) is 2. The average Bonchev–Trinajstić information content (AvgIpc) is 2.81. The molecular weight excluding hydrogens is 501 g/mol. The number of hydrogen-bond acceptors (Lipinski definition) is 7. The van der Waals surface area contributed by atoms with E-state index in [2.05, 4.69) is 60.7 Å². The van der Waals surface area contributed by atoms with Crippen molar-refractivity contribution >= 4 is 7.60 Å². The summed E-state index contributed by atoms with van der Waals surface area (Å²) in [5.74, 6) is -0.420. The van der Waals surface area contributed by atoms with Gasteiger partial charge in [0.2, 0.25) is 0 Å². The van der Waals surface area contributed by atoms with E-state index >= 15 is 0 Å². The van der Waals surface area contributed by atoms with E-state index in [4.69, 9.17) is 18.5 Å². The summed E-state index contributed by atoms with van der Waals surface area (Å²) in [5, 5.41) is 14.8. The zero-order chi connectivity index (χ0) is 29.0.